The van der Waals surface area contributed by atoms with Crippen LogP contribution in [0.1, 0.15) is 11.5 Å². The molecule has 0 radical (unpaired) electrons. The van der Waals surface area contributed by atoms with Gasteiger partial charge in [-0.15, -0.1) is 0 Å². The maximum absolute atomic E-state index is 4.95. The summed E-state index contributed by atoms with van der Waals surface area (Å²) in [5.74, 6) is 0.771. The van der Waals surface area contributed by atoms with Crippen LogP contribution in [0.2, 0.25) is 0 Å². The van der Waals surface area contributed by atoms with Gasteiger partial charge < -0.3 is 10.1 Å². The zero-order valence-corrected chi connectivity index (χ0v) is 12.3. The number of pyridine rings is 1. The Bertz CT molecular complexity index is 499. The summed E-state index contributed by atoms with van der Waals surface area (Å²) in [6.07, 6.45) is 3.50. The summed E-state index contributed by atoms with van der Waals surface area (Å²) < 4.78 is 7.70. The molecule has 2 rings (SSSR count). The number of halogens is 1. The molecule has 0 saturated heterocycles. The molecule has 19 heavy (non-hydrogen) atoms. The molecule has 0 bridgehead atoms. The van der Waals surface area contributed by atoms with Crippen molar-refractivity contribution in [3.05, 3.63) is 40.6 Å². The Balaban J connectivity index is 1.85. The highest BCUT2D eigenvalue weighted by atomic mass is 79.9. The largest absolute Gasteiger partial charge is 0.383 e. The topological polar surface area (TPSA) is 64.9 Å². The monoisotopic (exact) mass is 325 g/mol. The Kier molecular flexibility index (Phi) is 5.44. The third-order valence-corrected chi connectivity index (χ3v) is 2.93. The highest BCUT2D eigenvalue weighted by molar-refractivity contribution is 9.10. The van der Waals surface area contributed by atoms with E-state index in [-0.39, 0.29) is 0 Å². The lowest BCUT2D eigenvalue weighted by Crippen LogP contribution is -2.19. The molecule has 0 saturated carbocycles. The van der Waals surface area contributed by atoms with Crippen LogP contribution in [0.3, 0.4) is 0 Å². The fourth-order valence-corrected chi connectivity index (χ4v) is 1.77. The molecule has 0 aliphatic carbocycles. The van der Waals surface area contributed by atoms with Gasteiger partial charge in [-0.3, -0.25) is 4.98 Å². The third kappa shape index (κ3) is 4.70. The molecule has 0 spiro atoms. The summed E-state index contributed by atoms with van der Waals surface area (Å²) in [6, 6.07) is 3.93. The summed E-state index contributed by atoms with van der Waals surface area (Å²) >= 11 is 3.36. The van der Waals surface area contributed by atoms with E-state index in [4.69, 9.17) is 4.74 Å². The molecule has 0 atom stereocenters. The number of ether oxygens (including phenoxy) is 1. The van der Waals surface area contributed by atoms with E-state index in [1.54, 1.807) is 24.3 Å². The molecule has 6 nitrogen and oxygen atoms in total. The lowest BCUT2D eigenvalue weighted by atomic mass is 10.3. The smallest absolute Gasteiger partial charge is 0.164 e. The minimum atomic E-state index is 0.623. The van der Waals surface area contributed by atoms with Gasteiger partial charge in [0, 0.05) is 24.3 Å². The van der Waals surface area contributed by atoms with E-state index in [1.165, 1.54) is 0 Å². The predicted octanol–water partition coefficient (Wildman–Crippen LogP) is 1.22. The average molecular weight is 326 g/mol. The van der Waals surface area contributed by atoms with E-state index in [0.717, 1.165) is 22.5 Å². The van der Waals surface area contributed by atoms with Gasteiger partial charge in [0.2, 0.25) is 0 Å². The number of aromatic nitrogens is 4. The zero-order chi connectivity index (χ0) is 13.5. The van der Waals surface area contributed by atoms with Crippen molar-refractivity contribution in [3.8, 4) is 0 Å². The fraction of sp³-hybridized carbons (Fsp3) is 0.417. The van der Waals surface area contributed by atoms with Gasteiger partial charge in [0.15, 0.2) is 5.82 Å². The highest BCUT2D eigenvalue weighted by Crippen LogP contribution is 2.08. The predicted molar refractivity (Wildman–Crippen MR) is 74.6 cm³/mol. The van der Waals surface area contributed by atoms with Crippen molar-refractivity contribution in [2.45, 2.75) is 13.1 Å². The number of hydrogen-bond donors (Lipinski definition) is 1. The number of rotatable bonds is 7. The Hall–Kier alpha value is -1.31. The summed E-state index contributed by atoms with van der Waals surface area (Å²) in [5, 5.41) is 7.58. The van der Waals surface area contributed by atoms with Crippen molar-refractivity contribution < 1.29 is 4.74 Å². The molecule has 2 heterocycles. The first-order valence-corrected chi connectivity index (χ1v) is 6.75. The molecule has 0 aliphatic heterocycles. The quantitative estimate of drug-likeness (QED) is 0.775. The van der Waals surface area contributed by atoms with Crippen molar-refractivity contribution >= 4 is 15.9 Å². The average Bonchev–Trinajstić information content (AvgIpc) is 2.85. The van der Waals surface area contributed by atoms with Gasteiger partial charge in [-0.05, 0) is 28.1 Å². The Morgan fingerprint density at radius 3 is 3.00 bits per heavy atom. The molecular formula is C12H16BrN5O. The van der Waals surface area contributed by atoms with Gasteiger partial charge in [-0.25, -0.2) is 9.67 Å². The van der Waals surface area contributed by atoms with Crippen LogP contribution < -0.4 is 5.32 Å². The molecule has 0 aliphatic rings. The standard InChI is InChI=1S/C12H16BrN5O/c1-19-5-4-14-7-12-16-9-18(17-12)8-11-3-2-10(13)6-15-11/h2-3,6,9,14H,4-5,7-8H2,1H3. The first-order chi connectivity index (χ1) is 9.28. The van der Waals surface area contributed by atoms with Crippen LogP contribution >= 0.6 is 15.9 Å². The Morgan fingerprint density at radius 2 is 2.26 bits per heavy atom. The molecule has 2 aromatic rings. The zero-order valence-electron chi connectivity index (χ0n) is 10.7. The van der Waals surface area contributed by atoms with E-state index in [9.17, 15) is 0 Å². The van der Waals surface area contributed by atoms with E-state index >= 15 is 0 Å². The maximum Gasteiger partial charge on any atom is 0.164 e. The number of methoxy groups -OCH3 is 1. The molecule has 0 aromatic carbocycles. The molecule has 2 aromatic heterocycles. The summed E-state index contributed by atoms with van der Waals surface area (Å²) in [7, 11) is 1.68. The minimum absolute atomic E-state index is 0.623. The van der Waals surface area contributed by atoms with E-state index in [1.807, 2.05) is 12.1 Å². The molecule has 0 amide bonds. The van der Waals surface area contributed by atoms with E-state index in [2.05, 4.69) is 36.3 Å². The first-order valence-electron chi connectivity index (χ1n) is 5.96. The lowest BCUT2D eigenvalue weighted by Gasteiger charge is -2.01. The SMILES string of the molecule is COCCNCc1ncn(Cc2ccc(Br)cn2)n1. The van der Waals surface area contributed by atoms with E-state index < -0.39 is 0 Å². The molecule has 0 unspecified atom stereocenters. The van der Waals surface area contributed by atoms with Crippen molar-refractivity contribution in [1.82, 2.24) is 25.1 Å². The maximum atomic E-state index is 4.95. The molecule has 1 N–H and O–H groups in total. The van der Waals surface area contributed by atoms with Crippen molar-refractivity contribution in [3.63, 3.8) is 0 Å². The summed E-state index contributed by atoms with van der Waals surface area (Å²) in [5.41, 5.74) is 0.951. The van der Waals surface area contributed by atoms with Crippen LogP contribution in [-0.2, 0) is 17.8 Å². The molecule has 7 heteroatoms. The van der Waals surface area contributed by atoms with Gasteiger partial charge in [0.05, 0.1) is 25.4 Å². The second-order valence-corrected chi connectivity index (χ2v) is 4.91. The lowest BCUT2D eigenvalue weighted by molar-refractivity contribution is 0.199. The van der Waals surface area contributed by atoms with Crippen molar-refractivity contribution in [2.24, 2.45) is 0 Å². The van der Waals surface area contributed by atoms with Crippen LogP contribution in [0.5, 0.6) is 0 Å². The van der Waals surface area contributed by atoms with E-state index in [0.29, 0.717) is 19.7 Å². The van der Waals surface area contributed by atoms with Crippen LogP contribution in [-0.4, -0.2) is 40.0 Å². The number of hydrogen-bond acceptors (Lipinski definition) is 5. The summed E-state index contributed by atoms with van der Waals surface area (Å²) in [4.78, 5) is 8.54. The fourth-order valence-electron chi connectivity index (χ4n) is 1.53. The van der Waals surface area contributed by atoms with Crippen LogP contribution in [0, 0.1) is 0 Å². The summed E-state index contributed by atoms with van der Waals surface area (Å²) in [6.45, 7) is 2.74. The molecule has 102 valence electrons. The van der Waals surface area contributed by atoms with Crippen LogP contribution in [0.4, 0.5) is 0 Å². The van der Waals surface area contributed by atoms with Gasteiger partial charge in [0.25, 0.3) is 0 Å². The van der Waals surface area contributed by atoms with Crippen LogP contribution in [0.15, 0.2) is 29.1 Å². The van der Waals surface area contributed by atoms with Gasteiger partial charge in [0.1, 0.15) is 6.33 Å². The van der Waals surface area contributed by atoms with Gasteiger partial charge >= 0.3 is 0 Å². The van der Waals surface area contributed by atoms with Gasteiger partial charge in [-0.1, -0.05) is 0 Å². The number of nitrogens with one attached hydrogen (secondary N) is 1. The third-order valence-electron chi connectivity index (χ3n) is 2.46. The normalized spacial score (nSPS) is 10.8. The second kappa shape index (κ2) is 7.32. The Morgan fingerprint density at radius 1 is 1.37 bits per heavy atom. The van der Waals surface area contributed by atoms with Gasteiger partial charge in [-0.2, -0.15) is 5.10 Å². The van der Waals surface area contributed by atoms with Crippen molar-refractivity contribution in [2.75, 3.05) is 20.3 Å². The van der Waals surface area contributed by atoms with Crippen molar-refractivity contribution in [1.29, 1.82) is 0 Å². The second-order valence-electron chi connectivity index (χ2n) is 4.00. The number of nitrogens with zero attached hydrogens (tertiary/aromatic N) is 4. The van der Waals surface area contributed by atoms with Crippen LogP contribution in [0.25, 0.3) is 0 Å². The Labute approximate surface area is 120 Å². The molecular weight excluding hydrogens is 310 g/mol. The minimum Gasteiger partial charge on any atom is -0.383 e. The molecule has 0 fully saturated rings. The highest BCUT2D eigenvalue weighted by Gasteiger charge is 2.02. The first kappa shape index (κ1) is 14.1.